The van der Waals surface area contributed by atoms with Crippen LogP contribution in [0, 0.1) is 11.7 Å². The summed E-state index contributed by atoms with van der Waals surface area (Å²) in [6.07, 6.45) is 0.0336. The van der Waals surface area contributed by atoms with E-state index < -0.39 is 22.1 Å². The van der Waals surface area contributed by atoms with Crippen LogP contribution in [0.1, 0.15) is 27.4 Å². The van der Waals surface area contributed by atoms with Gasteiger partial charge in [0.1, 0.15) is 10.2 Å². The van der Waals surface area contributed by atoms with Crippen molar-refractivity contribution in [3.63, 3.8) is 0 Å². The minimum absolute atomic E-state index is 0.0336. The molecule has 1 fully saturated rings. The van der Waals surface area contributed by atoms with Gasteiger partial charge in [-0.2, -0.15) is 0 Å². The largest absolute Gasteiger partial charge is 0.326 e. The molecule has 0 aliphatic heterocycles. The maximum atomic E-state index is 13.1. The molecule has 3 nitrogen and oxygen atoms in total. The van der Waals surface area contributed by atoms with Gasteiger partial charge in [0.15, 0.2) is 5.78 Å². The molecule has 3 aromatic carbocycles. The first kappa shape index (κ1) is 24.3. The predicted octanol–water partition coefficient (Wildman–Crippen LogP) is 7.74. The van der Waals surface area contributed by atoms with Crippen molar-refractivity contribution in [1.82, 2.24) is 0 Å². The van der Waals surface area contributed by atoms with Gasteiger partial charge in [-0.15, -0.1) is 23.2 Å². The molecule has 9 heteroatoms. The van der Waals surface area contributed by atoms with Crippen molar-refractivity contribution in [2.24, 2.45) is 5.92 Å². The SMILES string of the molecule is O=C(Cc1ccc(F)cc1)c1cc(NC(=O)C2C(c3ccc(Cl)c(Cl)c3)C2(Cl)Cl)ccc1Cl. The van der Waals surface area contributed by atoms with E-state index in [2.05, 4.69) is 5.32 Å². The van der Waals surface area contributed by atoms with Crippen molar-refractivity contribution in [1.29, 1.82) is 0 Å². The summed E-state index contributed by atoms with van der Waals surface area (Å²) in [5, 5.41) is 3.72. The number of Topliss-reactive ketones (excluding diaryl/α,β-unsaturated/α-hetero) is 1. The average Bonchev–Trinajstić information content (AvgIpc) is 3.35. The molecule has 0 saturated heterocycles. The lowest BCUT2D eigenvalue weighted by Crippen LogP contribution is -2.17. The van der Waals surface area contributed by atoms with Crippen LogP contribution in [0.3, 0.4) is 0 Å². The summed E-state index contributed by atoms with van der Waals surface area (Å²) in [5.41, 5.74) is 1.94. The molecule has 0 bridgehead atoms. The number of carbonyl (C=O) groups is 2. The van der Waals surface area contributed by atoms with Crippen molar-refractivity contribution in [2.45, 2.75) is 16.7 Å². The van der Waals surface area contributed by atoms with Crippen LogP contribution in [0.5, 0.6) is 0 Å². The minimum Gasteiger partial charge on any atom is -0.326 e. The van der Waals surface area contributed by atoms with Gasteiger partial charge in [-0.25, -0.2) is 4.39 Å². The predicted molar refractivity (Wildman–Crippen MR) is 132 cm³/mol. The van der Waals surface area contributed by atoms with Crippen molar-refractivity contribution >= 4 is 75.4 Å². The smallest absolute Gasteiger partial charge is 0.231 e. The summed E-state index contributed by atoms with van der Waals surface area (Å²) in [6, 6.07) is 15.2. The Bertz CT molecular complexity index is 1250. The number of nitrogens with one attached hydrogen (secondary N) is 1. The number of rotatable bonds is 6. The van der Waals surface area contributed by atoms with Gasteiger partial charge in [0.25, 0.3) is 0 Å². The normalized spacial score (nSPS) is 18.6. The fourth-order valence-corrected chi connectivity index (χ4v) is 5.05. The van der Waals surface area contributed by atoms with Crippen molar-refractivity contribution in [3.05, 3.63) is 98.2 Å². The Labute approximate surface area is 214 Å². The highest BCUT2D eigenvalue weighted by Crippen LogP contribution is 2.65. The highest BCUT2D eigenvalue weighted by atomic mass is 35.5. The van der Waals surface area contributed by atoms with Crippen LogP contribution in [0.4, 0.5) is 10.1 Å². The van der Waals surface area contributed by atoms with Gasteiger partial charge in [-0.05, 0) is 53.6 Å². The topological polar surface area (TPSA) is 46.2 Å². The van der Waals surface area contributed by atoms with Crippen LogP contribution in [-0.2, 0) is 11.2 Å². The number of carbonyl (C=O) groups excluding carboxylic acids is 2. The first-order valence-corrected chi connectivity index (χ1v) is 11.7. The van der Waals surface area contributed by atoms with Gasteiger partial charge in [-0.3, -0.25) is 9.59 Å². The van der Waals surface area contributed by atoms with E-state index in [9.17, 15) is 14.0 Å². The van der Waals surface area contributed by atoms with E-state index in [0.717, 1.165) is 0 Å². The third-order valence-electron chi connectivity index (χ3n) is 5.45. The molecule has 2 unspecified atom stereocenters. The highest BCUT2D eigenvalue weighted by Gasteiger charge is 2.67. The molecule has 170 valence electrons. The monoisotopic (exact) mass is 543 g/mol. The van der Waals surface area contributed by atoms with E-state index in [0.29, 0.717) is 26.9 Å². The summed E-state index contributed by atoms with van der Waals surface area (Å²) in [5.74, 6) is -2.26. The summed E-state index contributed by atoms with van der Waals surface area (Å²) >= 11 is 31.0. The lowest BCUT2D eigenvalue weighted by atomic mass is 10.0. The zero-order chi connectivity index (χ0) is 23.9. The number of alkyl halides is 2. The molecular formula is C24H15Cl5FNO2. The minimum atomic E-state index is -1.31. The summed E-state index contributed by atoms with van der Waals surface area (Å²) < 4.78 is 11.8. The van der Waals surface area contributed by atoms with Crippen molar-refractivity contribution in [2.75, 3.05) is 5.32 Å². The summed E-state index contributed by atoms with van der Waals surface area (Å²) in [6.45, 7) is 0. The third kappa shape index (κ3) is 5.16. The number of hydrogen-bond donors (Lipinski definition) is 1. The second-order valence-electron chi connectivity index (χ2n) is 7.71. The van der Waals surface area contributed by atoms with Gasteiger partial charge in [-0.1, -0.05) is 53.0 Å². The van der Waals surface area contributed by atoms with E-state index in [1.54, 1.807) is 24.3 Å². The van der Waals surface area contributed by atoms with Crippen LogP contribution < -0.4 is 5.32 Å². The lowest BCUT2D eigenvalue weighted by Gasteiger charge is -2.09. The van der Waals surface area contributed by atoms with Crippen LogP contribution >= 0.6 is 58.0 Å². The fraction of sp³-hybridized carbons (Fsp3) is 0.167. The first-order valence-electron chi connectivity index (χ1n) is 9.78. The van der Waals surface area contributed by atoms with Crippen LogP contribution in [0.25, 0.3) is 0 Å². The molecule has 1 amide bonds. The number of ketones is 1. The van der Waals surface area contributed by atoms with Crippen molar-refractivity contribution in [3.8, 4) is 0 Å². The van der Waals surface area contributed by atoms with E-state index in [-0.39, 0.29) is 28.6 Å². The van der Waals surface area contributed by atoms with Crippen LogP contribution in [0.2, 0.25) is 15.1 Å². The zero-order valence-electron chi connectivity index (χ0n) is 16.7. The molecule has 1 N–H and O–H groups in total. The number of hydrogen-bond acceptors (Lipinski definition) is 2. The molecule has 0 spiro atoms. The average molecular weight is 546 g/mol. The Morgan fingerprint density at radius 2 is 1.55 bits per heavy atom. The fourth-order valence-electron chi connectivity index (χ4n) is 3.69. The summed E-state index contributed by atoms with van der Waals surface area (Å²) in [4.78, 5) is 25.7. The number of amides is 1. The van der Waals surface area contributed by atoms with Gasteiger partial charge in [0.05, 0.1) is 21.0 Å². The van der Waals surface area contributed by atoms with E-state index >= 15 is 0 Å². The van der Waals surface area contributed by atoms with Gasteiger partial charge < -0.3 is 5.32 Å². The third-order valence-corrected chi connectivity index (χ3v) is 7.46. The standard InChI is InChI=1S/C24H15Cl5FNO2/c25-17-8-6-15(11-16(17)20(32)9-12-1-4-14(30)5-2-12)31-23(33)22-21(24(22,28)29)13-3-7-18(26)19(27)10-13/h1-8,10-11,21-22H,9H2,(H,31,33). The quantitative estimate of drug-likeness (QED) is 0.254. The molecule has 33 heavy (non-hydrogen) atoms. The molecule has 0 radical (unpaired) electrons. The molecule has 1 aliphatic carbocycles. The number of anilines is 1. The lowest BCUT2D eigenvalue weighted by molar-refractivity contribution is -0.117. The molecule has 0 aromatic heterocycles. The number of halogens is 6. The molecule has 4 rings (SSSR count). The van der Waals surface area contributed by atoms with Gasteiger partial charge >= 0.3 is 0 Å². The maximum absolute atomic E-state index is 13.1. The second kappa shape index (κ2) is 9.44. The molecule has 2 atom stereocenters. The highest BCUT2D eigenvalue weighted by molar-refractivity contribution is 6.53. The van der Waals surface area contributed by atoms with E-state index in [4.69, 9.17) is 58.0 Å². The van der Waals surface area contributed by atoms with E-state index in [1.165, 1.54) is 36.4 Å². The molecule has 3 aromatic rings. The van der Waals surface area contributed by atoms with Crippen LogP contribution in [0.15, 0.2) is 60.7 Å². The molecule has 1 saturated carbocycles. The first-order chi connectivity index (χ1) is 15.6. The zero-order valence-corrected chi connectivity index (χ0v) is 20.5. The maximum Gasteiger partial charge on any atom is 0.231 e. The Morgan fingerprint density at radius 1 is 0.879 bits per heavy atom. The Morgan fingerprint density at radius 3 is 2.21 bits per heavy atom. The Kier molecular flexibility index (Phi) is 6.95. The Balaban J connectivity index is 1.50. The van der Waals surface area contributed by atoms with Crippen LogP contribution in [-0.4, -0.2) is 16.0 Å². The van der Waals surface area contributed by atoms with Gasteiger partial charge in [0.2, 0.25) is 5.91 Å². The molecular weight excluding hydrogens is 531 g/mol. The van der Waals surface area contributed by atoms with Crippen molar-refractivity contribution < 1.29 is 14.0 Å². The molecule has 1 aliphatic rings. The summed E-state index contributed by atoms with van der Waals surface area (Å²) in [7, 11) is 0. The number of benzene rings is 3. The van der Waals surface area contributed by atoms with E-state index in [1.807, 2.05) is 0 Å². The Hall–Kier alpha value is -1.82. The second-order valence-corrected chi connectivity index (χ2v) is 10.4. The van der Waals surface area contributed by atoms with Gasteiger partial charge in [0, 0.05) is 23.6 Å². The molecule has 0 heterocycles.